The van der Waals surface area contributed by atoms with E-state index in [-0.39, 0.29) is 11.5 Å². The molecule has 1 N–H and O–H groups in total. The number of aliphatic hydroxyl groups excluding tert-OH is 1. The SMILES string of the molecule is CC(C)(CO)c1cc(Br)cc(S(C)(=O)=O)c1. The maximum atomic E-state index is 11.5. The van der Waals surface area contributed by atoms with Crippen LogP contribution in [0.2, 0.25) is 0 Å². The molecule has 5 heteroatoms. The van der Waals surface area contributed by atoms with Gasteiger partial charge >= 0.3 is 0 Å². The third-order valence-electron chi connectivity index (χ3n) is 2.48. The molecule has 3 nitrogen and oxygen atoms in total. The van der Waals surface area contributed by atoms with Crippen LogP contribution in [0.4, 0.5) is 0 Å². The fourth-order valence-corrected chi connectivity index (χ4v) is 2.59. The Balaban J connectivity index is 3.41. The third-order valence-corrected chi connectivity index (χ3v) is 4.03. The van der Waals surface area contributed by atoms with Crippen molar-refractivity contribution in [1.29, 1.82) is 0 Å². The topological polar surface area (TPSA) is 54.4 Å². The molecule has 0 saturated heterocycles. The average Bonchev–Trinajstić information content (AvgIpc) is 2.15. The van der Waals surface area contributed by atoms with Crippen molar-refractivity contribution in [1.82, 2.24) is 0 Å². The molecule has 90 valence electrons. The largest absolute Gasteiger partial charge is 0.395 e. The van der Waals surface area contributed by atoms with Crippen LogP contribution < -0.4 is 0 Å². The normalized spacial score (nSPS) is 12.8. The summed E-state index contributed by atoms with van der Waals surface area (Å²) in [4.78, 5) is 0.262. The van der Waals surface area contributed by atoms with Gasteiger partial charge in [-0.1, -0.05) is 29.8 Å². The Morgan fingerprint density at radius 1 is 1.31 bits per heavy atom. The predicted molar refractivity (Wildman–Crippen MR) is 67.4 cm³/mol. The van der Waals surface area contributed by atoms with Gasteiger partial charge in [-0.3, -0.25) is 0 Å². The van der Waals surface area contributed by atoms with Gasteiger partial charge in [-0.25, -0.2) is 8.42 Å². The molecule has 16 heavy (non-hydrogen) atoms. The predicted octanol–water partition coefficient (Wildman–Crippen LogP) is 2.12. The number of aliphatic hydroxyl groups is 1. The van der Waals surface area contributed by atoms with Crippen molar-refractivity contribution in [2.45, 2.75) is 24.2 Å². The van der Waals surface area contributed by atoms with Gasteiger partial charge in [0.05, 0.1) is 11.5 Å². The second-order valence-electron chi connectivity index (χ2n) is 4.49. The fourth-order valence-electron chi connectivity index (χ4n) is 1.26. The summed E-state index contributed by atoms with van der Waals surface area (Å²) in [7, 11) is -3.23. The molecule has 1 aromatic carbocycles. The summed E-state index contributed by atoms with van der Waals surface area (Å²) in [6.07, 6.45) is 1.17. The number of halogens is 1. The minimum Gasteiger partial charge on any atom is -0.395 e. The quantitative estimate of drug-likeness (QED) is 0.930. The first kappa shape index (κ1) is 13.7. The van der Waals surface area contributed by atoms with E-state index in [1.54, 1.807) is 12.1 Å². The summed E-state index contributed by atoms with van der Waals surface area (Å²) in [5.74, 6) is 0. The van der Waals surface area contributed by atoms with E-state index in [1.165, 1.54) is 6.26 Å². The Hall–Kier alpha value is -0.390. The first-order valence-electron chi connectivity index (χ1n) is 4.79. The number of rotatable bonds is 3. The van der Waals surface area contributed by atoms with Gasteiger partial charge in [0, 0.05) is 16.1 Å². The summed E-state index contributed by atoms with van der Waals surface area (Å²) >= 11 is 3.28. The third kappa shape index (κ3) is 3.06. The molecule has 0 fully saturated rings. The van der Waals surface area contributed by atoms with Crippen molar-refractivity contribution in [2.75, 3.05) is 12.9 Å². The summed E-state index contributed by atoms with van der Waals surface area (Å²) in [6, 6.07) is 4.99. The van der Waals surface area contributed by atoms with E-state index in [0.717, 1.165) is 5.56 Å². The number of hydrogen-bond donors (Lipinski definition) is 1. The van der Waals surface area contributed by atoms with Gasteiger partial charge in [0.15, 0.2) is 9.84 Å². The van der Waals surface area contributed by atoms with Crippen LogP contribution in [-0.4, -0.2) is 26.4 Å². The molecule has 0 aliphatic heterocycles. The first-order valence-corrected chi connectivity index (χ1v) is 7.47. The summed E-state index contributed by atoms with van der Waals surface area (Å²) in [5.41, 5.74) is 0.341. The van der Waals surface area contributed by atoms with Crippen molar-refractivity contribution in [2.24, 2.45) is 0 Å². The highest BCUT2D eigenvalue weighted by Crippen LogP contribution is 2.28. The van der Waals surface area contributed by atoms with E-state index in [4.69, 9.17) is 0 Å². The molecule has 0 radical (unpaired) electrons. The zero-order chi connectivity index (χ0) is 12.6. The first-order chi connectivity index (χ1) is 7.16. The lowest BCUT2D eigenvalue weighted by Crippen LogP contribution is -2.22. The van der Waals surface area contributed by atoms with E-state index < -0.39 is 15.3 Å². The fraction of sp³-hybridized carbons (Fsp3) is 0.455. The Morgan fingerprint density at radius 3 is 2.31 bits per heavy atom. The average molecular weight is 307 g/mol. The van der Waals surface area contributed by atoms with Crippen molar-refractivity contribution in [3.05, 3.63) is 28.2 Å². The van der Waals surface area contributed by atoms with E-state index in [9.17, 15) is 13.5 Å². The van der Waals surface area contributed by atoms with E-state index in [0.29, 0.717) is 4.47 Å². The molecular weight excluding hydrogens is 292 g/mol. The van der Waals surface area contributed by atoms with Gasteiger partial charge < -0.3 is 5.11 Å². The van der Waals surface area contributed by atoms with Crippen LogP contribution in [0.25, 0.3) is 0 Å². The lowest BCUT2D eigenvalue weighted by atomic mass is 9.86. The molecule has 0 bridgehead atoms. The Labute approximate surface area is 105 Å². The molecule has 1 aromatic rings. The highest BCUT2D eigenvalue weighted by Gasteiger charge is 2.22. The maximum absolute atomic E-state index is 11.5. The van der Waals surface area contributed by atoms with Crippen LogP contribution in [0.3, 0.4) is 0 Å². The number of sulfone groups is 1. The summed E-state index contributed by atoms with van der Waals surface area (Å²) < 4.78 is 23.6. The van der Waals surface area contributed by atoms with Crippen molar-refractivity contribution >= 4 is 25.8 Å². The van der Waals surface area contributed by atoms with Gasteiger partial charge in [0.2, 0.25) is 0 Å². The molecule has 0 aliphatic rings. The van der Waals surface area contributed by atoms with Crippen molar-refractivity contribution < 1.29 is 13.5 Å². The molecule has 0 aromatic heterocycles. The zero-order valence-electron chi connectivity index (χ0n) is 9.49. The minimum absolute atomic E-state index is 0.0351. The smallest absolute Gasteiger partial charge is 0.175 e. The summed E-state index contributed by atoms with van der Waals surface area (Å²) in [6.45, 7) is 3.69. The zero-order valence-corrected chi connectivity index (χ0v) is 11.9. The van der Waals surface area contributed by atoms with E-state index >= 15 is 0 Å². The highest BCUT2D eigenvalue weighted by atomic mass is 79.9. The van der Waals surface area contributed by atoms with Crippen LogP contribution >= 0.6 is 15.9 Å². The van der Waals surface area contributed by atoms with E-state index in [2.05, 4.69) is 15.9 Å². The monoisotopic (exact) mass is 306 g/mol. The number of hydrogen-bond acceptors (Lipinski definition) is 3. The maximum Gasteiger partial charge on any atom is 0.175 e. The Bertz CT molecular complexity index is 492. The molecule has 0 spiro atoms. The molecule has 0 atom stereocenters. The molecule has 0 unspecified atom stereocenters. The van der Waals surface area contributed by atoms with Crippen LogP contribution in [0, 0.1) is 0 Å². The molecule has 1 rings (SSSR count). The molecule has 0 saturated carbocycles. The van der Waals surface area contributed by atoms with Crippen molar-refractivity contribution in [3.8, 4) is 0 Å². The van der Waals surface area contributed by atoms with Gasteiger partial charge in [-0.05, 0) is 23.8 Å². The van der Waals surface area contributed by atoms with Crippen LogP contribution in [0.5, 0.6) is 0 Å². The lowest BCUT2D eigenvalue weighted by Gasteiger charge is -2.23. The molecular formula is C11H15BrO3S. The molecule has 0 aliphatic carbocycles. The second kappa shape index (κ2) is 4.47. The molecule has 0 amide bonds. The number of benzene rings is 1. The Kier molecular flexibility index (Phi) is 3.82. The lowest BCUT2D eigenvalue weighted by molar-refractivity contribution is 0.218. The van der Waals surface area contributed by atoms with E-state index in [1.807, 2.05) is 19.9 Å². The van der Waals surface area contributed by atoms with Gasteiger partial charge in [0.1, 0.15) is 0 Å². The van der Waals surface area contributed by atoms with Crippen molar-refractivity contribution in [3.63, 3.8) is 0 Å². The highest BCUT2D eigenvalue weighted by molar-refractivity contribution is 9.10. The van der Waals surface area contributed by atoms with Gasteiger partial charge in [-0.2, -0.15) is 0 Å². The minimum atomic E-state index is -3.23. The molecule has 0 heterocycles. The summed E-state index contributed by atoms with van der Waals surface area (Å²) in [5, 5.41) is 9.27. The van der Waals surface area contributed by atoms with Crippen LogP contribution in [0.15, 0.2) is 27.6 Å². The standard InChI is InChI=1S/C11H15BrO3S/c1-11(2,7-13)8-4-9(12)6-10(5-8)16(3,14)15/h4-6,13H,7H2,1-3H3. The second-order valence-corrected chi connectivity index (χ2v) is 7.42. The van der Waals surface area contributed by atoms with Gasteiger partial charge in [-0.15, -0.1) is 0 Å². The van der Waals surface area contributed by atoms with Crippen LogP contribution in [-0.2, 0) is 15.3 Å². The van der Waals surface area contributed by atoms with Crippen LogP contribution in [0.1, 0.15) is 19.4 Å². The Morgan fingerprint density at radius 2 is 1.88 bits per heavy atom. The van der Waals surface area contributed by atoms with Gasteiger partial charge in [0.25, 0.3) is 0 Å².